The molecule has 0 aliphatic carbocycles. The molecule has 8 heteroatoms. The van der Waals surface area contributed by atoms with Gasteiger partial charge in [-0.1, -0.05) is 60.7 Å². The van der Waals surface area contributed by atoms with Gasteiger partial charge in [0.25, 0.3) is 0 Å². The molecule has 0 radical (unpaired) electrons. The Morgan fingerprint density at radius 1 is 1.00 bits per heavy atom. The van der Waals surface area contributed by atoms with Crippen LogP contribution < -0.4 is 16.8 Å². The summed E-state index contributed by atoms with van der Waals surface area (Å²) in [7, 11) is 0. The number of aryl methyl sites for hydroxylation is 1. The number of carbonyl (C=O) groups is 2. The number of hydrogen-bond acceptors (Lipinski definition) is 7. The number of nitrogens with one attached hydrogen (secondary N) is 1. The van der Waals surface area contributed by atoms with Crippen molar-refractivity contribution < 1.29 is 18.7 Å². The van der Waals surface area contributed by atoms with E-state index < -0.39 is 18.1 Å². The van der Waals surface area contributed by atoms with E-state index in [1.165, 1.54) is 6.26 Å². The molecule has 0 aliphatic rings. The highest BCUT2D eigenvalue weighted by Gasteiger charge is 2.24. The van der Waals surface area contributed by atoms with E-state index in [1.54, 1.807) is 0 Å². The number of ether oxygens (including phenoxy) is 1. The molecule has 0 saturated heterocycles. The summed E-state index contributed by atoms with van der Waals surface area (Å²) in [5, 5.41) is 2.91. The number of benzene rings is 2. The van der Waals surface area contributed by atoms with E-state index in [1.807, 2.05) is 60.7 Å². The van der Waals surface area contributed by atoms with Crippen LogP contribution in [0.3, 0.4) is 0 Å². The molecule has 1 amide bonds. The van der Waals surface area contributed by atoms with Crippen LogP contribution in [0.5, 0.6) is 0 Å². The van der Waals surface area contributed by atoms with Crippen molar-refractivity contribution in [1.29, 1.82) is 0 Å². The predicted octanol–water partition coefficient (Wildman–Crippen LogP) is 2.89. The number of nitrogens with two attached hydrogens (primary N) is 2. The summed E-state index contributed by atoms with van der Waals surface area (Å²) in [4.78, 5) is 29.3. The molecule has 3 rings (SSSR count). The molecule has 5 N–H and O–H groups in total. The zero-order valence-electron chi connectivity index (χ0n) is 18.5. The lowest BCUT2D eigenvalue weighted by Gasteiger charge is -2.18. The molecule has 1 heterocycles. The summed E-state index contributed by atoms with van der Waals surface area (Å²) >= 11 is 0. The van der Waals surface area contributed by atoms with Crippen LogP contribution >= 0.6 is 0 Å². The first-order valence-corrected chi connectivity index (χ1v) is 11.0. The summed E-state index contributed by atoms with van der Waals surface area (Å²) in [5.74, 6) is -0.675. The zero-order valence-corrected chi connectivity index (χ0v) is 18.5. The minimum absolute atomic E-state index is 0.0484. The Balaban J connectivity index is 1.67. The maximum atomic E-state index is 12.6. The molecule has 0 fully saturated rings. The minimum atomic E-state index is -0.682. The first-order valence-electron chi connectivity index (χ1n) is 11.0. The van der Waals surface area contributed by atoms with Gasteiger partial charge in [0.15, 0.2) is 5.69 Å². The summed E-state index contributed by atoms with van der Waals surface area (Å²) < 4.78 is 10.9. The van der Waals surface area contributed by atoms with Gasteiger partial charge in [0.05, 0.1) is 6.04 Å². The third kappa shape index (κ3) is 7.55. The molecule has 8 nitrogen and oxygen atoms in total. The van der Waals surface area contributed by atoms with Crippen LogP contribution in [0.2, 0.25) is 0 Å². The first kappa shape index (κ1) is 24.2. The van der Waals surface area contributed by atoms with Gasteiger partial charge in [-0.15, -0.1) is 0 Å². The Morgan fingerprint density at radius 2 is 1.67 bits per heavy atom. The number of rotatable bonds is 12. The fourth-order valence-corrected chi connectivity index (χ4v) is 3.30. The van der Waals surface area contributed by atoms with Crippen molar-refractivity contribution in [2.45, 2.75) is 44.4 Å². The van der Waals surface area contributed by atoms with Gasteiger partial charge in [-0.2, -0.15) is 0 Å². The van der Waals surface area contributed by atoms with Crippen LogP contribution in [-0.4, -0.2) is 29.4 Å². The number of nitrogens with zero attached hydrogens (tertiary/aromatic N) is 1. The molecular formula is C25H30N4O4. The lowest BCUT2D eigenvalue weighted by molar-refractivity contribution is -0.123. The molecule has 33 heavy (non-hydrogen) atoms. The SMILES string of the molecule is NCCC[C@@H](N)C(=O)N[C@H](CCc1ccccc1)c1nc(C(=O)OCc2ccccc2)co1. The van der Waals surface area contributed by atoms with E-state index in [0.29, 0.717) is 32.2 Å². The van der Waals surface area contributed by atoms with Crippen LogP contribution in [0.1, 0.15) is 52.8 Å². The summed E-state index contributed by atoms with van der Waals surface area (Å²) in [6, 6.07) is 18.0. The van der Waals surface area contributed by atoms with E-state index in [2.05, 4.69) is 10.3 Å². The third-order valence-electron chi connectivity index (χ3n) is 5.18. The van der Waals surface area contributed by atoms with Crippen LogP contribution in [0.15, 0.2) is 71.3 Å². The number of amides is 1. The topological polar surface area (TPSA) is 133 Å². The Hall–Kier alpha value is -3.49. The largest absolute Gasteiger partial charge is 0.456 e. The first-order chi connectivity index (χ1) is 16.1. The van der Waals surface area contributed by atoms with Crippen molar-refractivity contribution in [2.24, 2.45) is 11.5 Å². The number of carbonyl (C=O) groups excluding carboxylic acids is 2. The number of esters is 1. The molecule has 0 spiro atoms. The fourth-order valence-electron chi connectivity index (χ4n) is 3.30. The Kier molecular flexibility index (Phi) is 9.17. The third-order valence-corrected chi connectivity index (χ3v) is 5.18. The Morgan fingerprint density at radius 3 is 2.33 bits per heavy atom. The fraction of sp³-hybridized carbons (Fsp3) is 0.320. The molecule has 1 aromatic heterocycles. The van der Waals surface area contributed by atoms with Crippen molar-refractivity contribution in [2.75, 3.05) is 6.54 Å². The average Bonchev–Trinajstić information content (AvgIpc) is 3.35. The highest BCUT2D eigenvalue weighted by Crippen LogP contribution is 2.20. The van der Waals surface area contributed by atoms with Gasteiger partial charge < -0.3 is 25.9 Å². The summed E-state index contributed by atoms with van der Waals surface area (Å²) in [6.07, 6.45) is 3.59. The summed E-state index contributed by atoms with van der Waals surface area (Å²) in [6.45, 7) is 0.596. The van der Waals surface area contributed by atoms with E-state index in [-0.39, 0.29) is 24.1 Å². The zero-order chi connectivity index (χ0) is 23.5. The van der Waals surface area contributed by atoms with E-state index in [9.17, 15) is 9.59 Å². The van der Waals surface area contributed by atoms with Gasteiger partial charge in [-0.3, -0.25) is 4.79 Å². The Bertz CT molecular complexity index is 1010. The van der Waals surface area contributed by atoms with Gasteiger partial charge >= 0.3 is 5.97 Å². The molecule has 0 bridgehead atoms. The van der Waals surface area contributed by atoms with Crippen LogP contribution in [0.4, 0.5) is 0 Å². The van der Waals surface area contributed by atoms with E-state index >= 15 is 0 Å². The highest BCUT2D eigenvalue weighted by molar-refractivity contribution is 5.86. The minimum Gasteiger partial charge on any atom is -0.456 e. The molecule has 0 aliphatic heterocycles. The lowest BCUT2D eigenvalue weighted by Crippen LogP contribution is -2.42. The van der Waals surface area contributed by atoms with Crippen LogP contribution in [0.25, 0.3) is 0 Å². The van der Waals surface area contributed by atoms with Gasteiger partial charge in [0, 0.05) is 0 Å². The lowest BCUT2D eigenvalue weighted by atomic mass is 10.0. The van der Waals surface area contributed by atoms with Crippen molar-refractivity contribution in [3.63, 3.8) is 0 Å². The maximum absolute atomic E-state index is 12.6. The van der Waals surface area contributed by atoms with E-state index in [0.717, 1.165) is 11.1 Å². The smallest absolute Gasteiger partial charge is 0.360 e. The number of oxazole rings is 1. The van der Waals surface area contributed by atoms with Gasteiger partial charge in [-0.25, -0.2) is 9.78 Å². The number of hydrogen-bond donors (Lipinski definition) is 3. The molecule has 174 valence electrons. The quantitative estimate of drug-likeness (QED) is 0.361. The predicted molar refractivity (Wildman–Crippen MR) is 124 cm³/mol. The number of aromatic nitrogens is 1. The monoisotopic (exact) mass is 450 g/mol. The van der Waals surface area contributed by atoms with Crippen molar-refractivity contribution in [3.05, 3.63) is 89.6 Å². The highest BCUT2D eigenvalue weighted by atomic mass is 16.5. The molecule has 0 unspecified atom stereocenters. The second kappa shape index (κ2) is 12.5. The average molecular weight is 451 g/mol. The normalized spacial score (nSPS) is 12.7. The van der Waals surface area contributed by atoms with Gasteiger partial charge in [0.1, 0.15) is 18.9 Å². The van der Waals surface area contributed by atoms with Crippen LogP contribution in [-0.2, 0) is 22.6 Å². The standard InChI is InChI=1S/C25H30N4O4/c26-15-7-12-20(27)23(30)28-21(14-13-18-8-3-1-4-9-18)24-29-22(17-32-24)25(31)33-16-19-10-5-2-6-11-19/h1-6,8-11,17,20-21H,7,12-16,26-27H2,(H,28,30)/t20-,21-/m1/s1. The van der Waals surface area contributed by atoms with Gasteiger partial charge in [0.2, 0.25) is 11.8 Å². The summed E-state index contributed by atoms with van der Waals surface area (Å²) in [5.41, 5.74) is 13.5. The van der Waals surface area contributed by atoms with Crippen molar-refractivity contribution in [1.82, 2.24) is 10.3 Å². The second-order valence-electron chi connectivity index (χ2n) is 7.76. The molecule has 2 atom stereocenters. The maximum Gasteiger partial charge on any atom is 0.360 e. The molecule has 3 aromatic rings. The Labute approximate surface area is 193 Å². The van der Waals surface area contributed by atoms with E-state index in [4.69, 9.17) is 20.6 Å². The molecular weight excluding hydrogens is 420 g/mol. The van der Waals surface area contributed by atoms with Gasteiger partial charge in [-0.05, 0) is 43.4 Å². The molecule has 2 aromatic carbocycles. The van der Waals surface area contributed by atoms with Crippen molar-refractivity contribution in [3.8, 4) is 0 Å². The van der Waals surface area contributed by atoms with Crippen LogP contribution in [0, 0.1) is 0 Å². The second-order valence-corrected chi connectivity index (χ2v) is 7.76. The molecule has 0 saturated carbocycles. The van der Waals surface area contributed by atoms with Crippen molar-refractivity contribution >= 4 is 11.9 Å².